The Balaban J connectivity index is 0.00000272. The van der Waals surface area contributed by atoms with E-state index in [1.807, 2.05) is 19.2 Å². The molecule has 0 spiro atoms. The Labute approximate surface area is 204 Å². The minimum absolute atomic E-state index is 0. The van der Waals surface area contributed by atoms with Crippen LogP contribution in [0.25, 0.3) is 0 Å². The maximum absolute atomic E-state index is 6.39. The lowest BCUT2D eigenvalue weighted by Gasteiger charge is -2.24. The molecule has 174 valence electrons. The van der Waals surface area contributed by atoms with Crippen molar-refractivity contribution in [1.82, 2.24) is 15.1 Å². The van der Waals surface area contributed by atoms with Gasteiger partial charge in [0, 0.05) is 38.8 Å². The zero-order valence-electron chi connectivity index (χ0n) is 19.1. The van der Waals surface area contributed by atoms with Gasteiger partial charge in [-0.25, -0.2) is 0 Å². The number of benzene rings is 1. The van der Waals surface area contributed by atoms with Crippen LogP contribution in [0.2, 0.25) is 0 Å². The van der Waals surface area contributed by atoms with Crippen LogP contribution in [-0.2, 0) is 6.54 Å². The maximum atomic E-state index is 6.39. The van der Waals surface area contributed by atoms with Gasteiger partial charge in [-0.1, -0.05) is 12.1 Å². The third-order valence-electron chi connectivity index (χ3n) is 6.82. The van der Waals surface area contributed by atoms with Gasteiger partial charge in [-0.2, -0.15) is 0 Å². The predicted octanol–water partition coefficient (Wildman–Crippen LogP) is 4.13. The summed E-state index contributed by atoms with van der Waals surface area (Å²) in [7, 11) is 3.61. The first kappa shape index (κ1) is 24.4. The van der Waals surface area contributed by atoms with Crippen molar-refractivity contribution in [3.05, 3.63) is 23.8 Å². The summed E-state index contributed by atoms with van der Waals surface area (Å²) in [4.78, 5) is 9.62. The number of hydrogen-bond acceptors (Lipinski definition) is 4. The Morgan fingerprint density at radius 1 is 1.10 bits per heavy atom. The first-order valence-electron chi connectivity index (χ1n) is 11.8. The van der Waals surface area contributed by atoms with Crippen molar-refractivity contribution in [1.29, 1.82) is 0 Å². The minimum atomic E-state index is 0. The molecule has 1 aliphatic carbocycles. The van der Waals surface area contributed by atoms with E-state index in [0.717, 1.165) is 54.9 Å². The van der Waals surface area contributed by atoms with Crippen molar-refractivity contribution in [3.63, 3.8) is 0 Å². The number of nitrogens with zero attached hydrogens (tertiary/aromatic N) is 3. The van der Waals surface area contributed by atoms with Crippen molar-refractivity contribution in [2.45, 2.75) is 57.6 Å². The fourth-order valence-electron chi connectivity index (χ4n) is 5.18. The summed E-state index contributed by atoms with van der Waals surface area (Å²) in [6, 6.07) is 6.17. The molecule has 6 nitrogen and oxygen atoms in total. The van der Waals surface area contributed by atoms with Crippen LogP contribution in [0, 0.1) is 5.92 Å². The Morgan fingerprint density at radius 3 is 2.58 bits per heavy atom. The smallest absolute Gasteiger partial charge is 0.193 e. The monoisotopic (exact) mass is 542 g/mol. The van der Waals surface area contributed by atoms with Gasteiger partial charge in [-0.15, -0.1) is 24.0 Å². The number of aliphatic imine (C=N–C) groups is 1. The second kappa shape index (κ2) is 12.1. The van der Waals surface area contributed by atoms with Gasteiger partial charge in [-0.3, -0.25) is 4.99 Å². The van der Waals surface area contributed by atoms with Crippen LogP contribution in [0.3, 0.4) is 0 Å². The molecule has 31 heavy (non-hydrogen) atoms. The SMILES string of the molecule is CN=C(NCc1cccc(OC)c1OC1CCCC1)N1CCC(CN2CCCC2)C1.I. The molecule has 0 aromatic heterocycles. The van der Waals surface area contributed by atoms with Crippen molar-refractivity contribution >= 4 is 29.9 Å². The molecule has 1 atom stereocenters. The summed E-state index contributed by atoms with van der Waals surface area (Å²) < 4.78 is 12.0. The first-order valence-corrected chi connectivity index (χ1v) is 11.8. The van der Waals surface area contributed by atoms with Crippen LogP contribution >= 0.6 is 24.0 Å². The van der Waals surface area contributed by atoms with E-state index in [-0.39, 0.29) is 24.0 Å². The summed E-state index contributed by atoms with van der Waals surface area (Å²) >= 11 is 0. The topological polar surface area (TPSA) is 49.3 Å². The summed E-state index contributed by atoms with van der Waals surface area (Å²) in [5, 5.41) is 3.59. The lowest BCUT2D eigenvalue weighted by molar-refractivity contribution is 0.198. The number of para-hydroxylation sites is 1. The van der Waals surface area contributed by atoms with E-state index in [1.165, 1.54) is 51.7 Å². The molecule has 4 rings (SSSR count). The zero-order chi connectivity index (χ0) is 20.8. The Morgan fingerprint density at radius 2 is 1.87 bits per heavy atom. The summed E-state index contributed by atoms with van der Waals surface area (Å²) in [5.41, 5.74) is 1.13. The highest BCUT2D eigenvalue weighted by Gasteiger charge is 2.27. The van der Waals surface area contributed by atoms with Gasteiger partial charge in [0.05, 0.1) is 13.2 Å². The highest BCUT2D eigenvalue weighted by atomic mass is 127. The molecule has 2 aliphatic heterocycles. The number of guanidine groups is 1. The van der Waals surface area contributed by atoms with E-state index < -0.39 is 0 Å². The van der Waals surface area contributed by atoms with E-state index in [1.54, 1.807) is 7.11 Å². The molecule has 1 unspecified atom stereocenters. The summed E-state index contributed by atoms with van der Waals surface area (Å²) in [6.07, 6.45) is 9.09. The van der Waals surface area contributed by atoms with E-state index >= 15 is 0 Å². The molecule has 0 amide bonds. The van der Waals surface area contributed by atoms with Crippen LogP contribution in [-0.4, -0.2) is 68.7 Å². The molecule has 2 saturated heterocycles. The number of hydrogen-bond donors (Lipinski definition) is 1. The standard InChI is InChI=1S/C24H38N4O2.HI/c1-25-24(28-15-12-19(18-28)17-27-13-5-6-14-27)26-16-20-8-7-11-22(29-2)23(20)30-21-9-3-4-10-21;/h7-8,11,19,21H,3-6,9-10,12-18H2,1-2H3,(H,25,26);1H. The van der Waals surface area contributed by atoms with E-state index in [4.69, 9.17) is 9.47 Å². The lowest BCUT2D eigenvalue weighted by atomic mass is 10.1. The number of rotatable bonds is 7. The first-order chi connectivity index (χ1) is 14.8. The molecule has 1 saturated carbocycles. The molecule has 1 aromatic rings. The van der Waals surface area contributed by atoms with Crippen LogP contribution < -0.4 is 14.8 Å². The van der Waals surface area contributed by atoms with E-state index in [2.05, 4.69) is 26.2 Å². The molecule has 0 bridgehead atoms. The van der Waals surface area contributed by atoms with Gasteiger partial charge in [0.1, 0.15) is 0 Å². The second-order valence-corrected chi connectivity index (χ2v) is 8.98. The molecule has 0 radical (unpaired) electrons. The van der Waals surface area contributed by atoms with Gasteiger partial charge in [0.15, 0.2) is 17.5 Å². The molecular formula is C24H39IN4O2. The van der Waals surface area contributed by atoms with Crippen molar-refractivity contribution in [3.8, 4) is 11.5 Å². The summed E-state index contributed by atoms with van der Waals surface area (Å²) in [6.45, 7) is 6.68. The number of halogens is 1. The third kappa shape index (κ3) is 6.40. The van der Waals surface area contributed by atoms with Crippen molar-refractivity contribution in [2.24, 2.45) is 10.9 Å². The van der Waals surface area contributed by atoms with Crippen LogP contribution in [0.4, 0.5) is 0 Å². The molecule has 1 aromatic carbocycles. The van der Waals surface area contributed by atoms with Gasteiger partial charge >= 0.3 is 0 Å². The normalized spacial score (nSPS) is 22.6. The number of likely N-dealkylation sites (tertiary alicyclic amines) is 2. The molecule has 7 heteroatoms. The number of ether oxygens (including phenoxy) is 2. The second-order valence-electron chi connectivity index (χ2n) is 8.98. The fraction of sp³-hybridized carbons (Fsp3) is 0.708. The lowest BCUT2D eigenvalue weighted by Crippen LogP contribution is -2.40. The van der Waals surface area contributed by atoms with E-state index in [9.17, 15) is 0 Å². The Hall–Kier alpha value is -1.22. The maximum Gasteiger partial charge on any atom is 0.193 e. The molecule has 3 fully saturated rings. The minimum Gasteiger partial charge on any atom is -0.493 e. The Kier molecular flexibility index (Phi) is 9.56. The largest absolute Gasteiger partial charge is 0.493 e. The van der Waals surface area contributed by atoms with E-state index in [0.29, 0.717) is 12.6 Å². The Bertz CT molecular complexity index is 718. The molecule has 2 heterocycles. The van der Waals surface area contributed by atoms with Gasteiger partial charge in [-0.05, 0) is 70.0 Å². The predicted molar refractivity (Wildman–Crippen MR) is 137 cm³/mol. The molecular weight excluding hydrogens is 503 g/mol. The van der Waals surface area contributed by atoms with Gasteiger partial charge in [0.25, 0.3) is 0 Å². The molecule has 3 aliphatic rings. The van der Waals surface area contributed by atoms with Gasteiger partial charge in [0.2, 0.25) is 0 Å². The van der Waals surface area contributed by atoms with Crippen LogP contribution in [0.5, 0.6) is 11.5 Å². The van der Waals surface area contributed by atoms with Crippen LogP contribution in [0.15, 0.2) is 23.2 Å². The highest BCUT2D eigenvalue weighted by molar-refractivity contribution is 14.0. The zero-order valence-corrected chi connectivity index (χ0v) is 21.5. The average molecular weight is 543 g/mol. The highest BCUT2D eigenvalue weighted by Crippen LogP contribution is 2.35. The van der Waals surface area contributed by atoms with Gasteiger partial charge < -0.3 is 24.6 Å². The third-order valence-corrected chi connectivity index (χ3v) is 6.82. The average Bonchev–Trinajstić information content (AvgIpc) is 3.53. The quantitative estimate of drug-likeness (QED) is 0.319. The fourth-order valence-corrected chi connectivity index (χ4v) is 5.18. The number of methoxy groups -OCH3 is 1. The molecule has 1 N–H and O–H groups in total. The van der Waals surface area contributed by atoms with Crippen molar-refractivity contribution in [2.75, 3.05) is 46.9 Å². The van der Waals surface area contributed by atoms with Crippen molar-refractivity contribution < 1.29 is 9.47 Å². The number of nitrogens with one attached hydrogen (secondary N) is 1. The van der Waals surface area contributed by atoms with Crippen LogP contribution in [0.1, 0.15) is 50.5 Å². The summed E-state index contributed by atoms with van der Waals surface area (Å²) in [5.74, 6) is 3.46.